The zero-order valence-electron chi connectivity index (χ0n) is 18.6. The number of likely N-dealkylation sites (tertiary alicyclic amines) is 1. The van der Waals surface area contributed by atoms with E-state index in [2.05, 4.69) is 10.3 Å². The van der Waals surface area contributed by atoms with E-state index in [0.29, 0.717) is 43.1 Å². The van der Waals surface area contributed by atoms with Crippen LogP contribution in [0, 0.1) is 5.92 Å². The fourth-order valence-electron chi connectivity index (χ4n) is 4.24. The van der Waals surface area contributed by atoms with Crippen LogP contribution in [-0.4, -0.2) is 34.8 Å². The highest BCUT2D eigenvalue weighted by molar-refractivity contribution is 5.99. The summed E-state index contributed by atoms with van der Waals surface area (Å²) in [5, 5.41) is 3.73. The fraction of sp³-hybridized carbons (Fsp3) is 0.222. The van der Waals surface area contributed by atoms with Gasteiger partial charge in [0.25, 0.3) is 5.91 Å². The Morgan fingerprint density at radius 3 is 2.47 bits per heavy atom. The van der Waals surface area contributed by atoms with E-state index in [1.54, 1.807) is 23.2 Å². The molecule has 7 heteroatoms. The first-order valence-corrected chi connectivity index (χ1v) is 11.4. The van der Waals surface area contributed by atoms with Gasteiger partial charge in [-0.3, -0.25) is 9.59 Å². The number of hydrogen-bond acceptors (Lipinski definition) is 5. The monoisotopic (exact) mass is 455 g/mol. The molecule has 2 aromatic carbocycles. The van der Waals surface area contributed by atoms with Gasteiger partial charge in [-0.1, -0.05) is 42.5 Å². The highest BCUT2D eigenvalue weighted by Gasteiger charge is 2.31. The SMILES string of the molecule is O=C(Nc1ccccn1)C1CCN(C(=O)c2oc3ccccc3c2COc2ccccc2)CC1. The van der Waals surface area contributed by atoms with Crippen LogP contribution in [0.4, 0.5) is 5.82 Å². The van der Waals surface area contributed by atoms with E-state index in [1.807, 2.05) is 60.7 Å². The molecule has 1 aliphatic rings. The largest absolute Gasteiger partial charge is 0.489 e. The van der Waals surface area contributed by atoms with Crippen LogP contribution < -0.4 is 10.1 Å². The molecule has 0 saturated carbocycles. The quantitative estimate of drug-likeness (QED) is 0.447. The predicted octanol–water partition coefficient (Wildman–Crippen LogP) is 4.90. The van der Waals surface area contributed by atoms with Gasteiger partial charge in [0.1, 0.15) is 23.8 Å². The standard InChI is InChI=1S/C27H25N3O4/c31-26(29-24-12-6-7-15-28-24)19-13-16-30(17-14-19)27(32)25-22(18-33-20-8-2-1-3-9-20)21-10-4-5-11-23(21)34-25/h1-12,15,19H,13-14,16-18H2,(H,28,29,31). The Kier molecular flexibility index (Phi) is 6.25. The Morgan fingerprint density at radius 2 is 1.71 bits per heavy atom. The molecule has 7 nitrogen and oxygen atoms in total. The van der Waals surface area contributed by atoms with Gasteiger partial charge >= 0.3 is 0 Å². The third kappa shape index (κ3) is 4.64. The van der Waals surface area contributed by atoms with E-state index in [1.165, 1.54) is 0 Å². The van der Waals surface area contributed by atoms with Gasteiger partial charge in [0.2, 0.25) is 5.91 Å². The summed E-state index contributed by atoms with van der Waals surface area (Å²) in [4.78, 5) is 32.0. The predicted molar refractivity (Wildman–Crippen MR) is 128 cm³/mol. The molecular formula is C27H25N3O4. The van der Waals surface area contributed by atoms with Crippen LogP contribution in [0.2, 0.25) is 0 Å². The first-order chi connectivity index (χ1) is 16.7. The Labute approximate surface area is 197 Å². The fourth-order valence-corrected chi connectivity index (χ4v) is 4.24. The number of hydrogen-bond donors (Lipinski definition) is 1. The molecule has 1 fully saturated rings. The average molecular weight is 456 g/mol. The number of nitrogens with zero attached hydrogens (tertiary/aromatic N) is 2. The number of aromatic nitrogens is 1. The van der Waals surface area contributed by atoms with Gasteiger partial charge in [-0.15, -0.1) is 0 Å². The molecule has 2 amide bonds. The lowest BCUT2D eigenvalue weighted by atomic mass is 9.95. The van der Waals surface area contributed by atoms with Gasteiger partial charge in [0.05, 0.1) is 0 Å². The van der Waals surface area contributed by atoms with Crippen molar-refractivity contribution in [1.29, 1.82) is 0 Å². The van der Waals surface area contributed by atoms with Gasteiger partial charge in [0.15, 0.2) is 5.76 Å². The van der Waals surface area contributed by atoms with Gasteiger partial charge in [0, 0.05) is 36.2 Å². The van der Waals surface area contributed by atoms with Crippen molar-refractivity contribution in [2.45, 2.75) is 19.4 Å². The number of nitrogens with one attached hydrogen (secondary N) is 1. The summed E-state index contributed by atoms with van der Waals surface area (Å²) in [5.74, 6) is 1.16. The lowest BCUT2D eigenvalue weighted by molar-refractivity contribution is -0.121. The molecule has 0 atom stereocenters. The minimum Gasteiger partial charge on any atom is -0.489 e. The molecule has 0 unspecified atom stereocenters. The third-order valence-electron chi connectivity index (χ3n) is 6.09. The van der Waals surface area contributed by atoms with Crippen molar-refractivity contribution >= 4 is 28.6 Å². The summed E-state index contributed by atoms with van der Waals surface area (Å²) in [6.07, 6.45) is 2.81. The molecule has 0 aliphatic carbocycles. The summed E-state index contributed by atoms with van der Waals surface area (Å²) < 4.78 is 11.9. The molecule has 0 bridgehead atoms. The van der Waals surface area contributed by atoms with Crippen molar-refractivity contribution in [1.82, 2.24) is 9.88 Å². The highest BCUT2D eigenvalue weighted by Crippen LogP contribution is 2.30. The smallest absolute Gasteiger partial charge is 0.290 e. The van der Waals surface area contributed by atoms with E-state index in [-0.39, 0.29) is 24.3 Å². The van der Waals surface area contributed by atoms with Gasteiger partial charge in [-0.2, -0.15) is 0 Å². The zero-order valence-corrected chi connectivity index (χ0v) is 18.6. The van der Waals surface area contributed by atoms with E-state index < -0.39 is 0 Å². The molecule has 5 rings (SSSR count). The summed E-state index contributed by atoms with van der Waals surface area (Å²) >= 11 is 0. The first kappa shape index (κ1) is 21.7. The number of amides is 2. The number of anilines is 1. The maximum Gasteiger partial charge on any atom is 0.290 e. The summed E-state index contributed by atoms with van der Waals surface area (Å²) in [6.45, 7) is 1.19. The molecule has 1 N–H and O–H groups in total. The number of furan rings is 1. The number of piperidine rings is 1. The van der Waals surface area contributed by atoms with Crippen LogP contribution >= 0.6 is 0 Å². The van der Waals surface area contributed by atoms with Crippen molar-refractivity contribution in [3.05, 3.63) is 90.3 Å². The van der Waals surface area contributed by atoms with Gasteiger partial charge in [-0.25, -0.2) is 4.98 Å². The van der Waals surface area contributed by atoms with E-state index >= 15 is 0 Å². The Bertz CT molecular complexity index is 1280. The number of para-hydroxylation sites is 2. The topological polar surface area (TPSA) is 84.7 Å². The van der Waals surface area contributed by atoms with Crippen molar-refractivity contribution in [2.24, 2.45) is 5.92 Å². The normalized spacial score (nSPS) is 14.2. The van der Waals surface area contributed by atoms with E-state index in [0.717, 1.165) is 16.7 Å². The van der Waals surface area contributed by atoms with Crippen molar-refractivity contribution < 1.29 is 18.7 Å². The number of fused-ring (bicyclic) bond motifs is 1. The van der Waals surface area contributed by atoms with Crippen molar-refractivity contribution in [3.8, 4) is 5.75 Å². The van der Waals surface area contributed by atoms with Gasteiger partial charge in [-0.05, 0) is 43.2 Å². The number of benzene rings is 2. The first-order valence-electron chi connectivity index (χ1n) is 11.4. The van der Waals surface area contributed by atoms with Crippen LogP contribution in [0.3, 0.4) is 0 Å². The molecule has 0 radical (unpaired) electrons. The summed E-state index contributed by atoms with van der Waals surface area (Å²) in [6, 6.07) is 22.5. The molecule has 2 aromatic heterocycles. The van der Waals surface area contributed by atoms with Crippen LogP contribution in [0.25, 0.3) is 11.0 Å². The third-order valence-corrected chi connectivity index (χ3v) is 6.09. The number of carbonyl (C=O) groups is 2. The lowest BCUT2D eigenvalue weighted by Crippen LogP contribution is -2.41. The van der Waals surface area contributed by atoms with E-state index in [4.69, 9.17) is 9.15 Å². The second-order valence-corrected chi connectivity index (χ2v) is 8.28. The second-order valence-electron chi connectivity index (χ2n) is 8.28. The molecule has 1 aliphatic heterocycles. The minimum absolute atomic E-state index is 0.0634. The number of ether oxygens (including phenoxy) is 1. The summed E-state index contributed by atoms with van der Waals surface area (Å²) in [7, 11) is 0. The Balaban J connectivity index is 1.28. The van der Waals surface area contributed by atoms with E-state index in [9.17, 15) is 9.59 Å². The molecule has 3 heterocycles. The van der Waals surface area contributed by atoms with Crippen LogP contribution in [0.1, 0.15) is 29.0 Å². The molecule has 1 saturated heterocycles. The van der Waals surface area contributed by atoms with Crippen LogP contribution in [0.15, 0.2) is 83.4 Å². The maximum absolute atomic E-state index is 13.4. The maximum atomic E-state index is 13.4. The van der Waals surface area contributed by atoms with Crippen molar-refractivity contribution in [2.75, 3.05) is 18.4 Å². The van der Waals surface area contributed by atoms with Gasteiger partial charge < -0.3 is 19.4 Å². The molecule has 172 valence electrons. The van der Waals surface area contributed by atoms with Crippen molar-refractivity contribution in [3.63, 3.8) is 0 Å². The molecule has 34 heavy (non-hydrogen) atoms. The minimum atomic E-state index is -0.175. The molecule has 4 aromatic rings. The zero-order chi connectivity index (χ0) is 23.3. The second kappa shape index (κ2) is 9.79. The molecular weight excluding hydrogens is 430 g/mol. The summed E-state index contributed by atoms with van der Waals surface area (Å²) in [5.41, 5.74) is 1.39. The Morgan fingerprint density at radius 1 is 0.971 bits per heavy atom. The Hall–Kier alpha value is -4.13. The van der Waals surface area contributed by atoms with Crippen LogP contribution in [0.5, 0.6) is 5.75 Å². The highest BCUT2D eigenvalue weighted by atomic mass is 16.5. The number of pyridine rings is 1. The molecule has 0 spiro atoms. The van der Waals surface area contributed by atoms with Crippen LogP contribution in [-0.2, 0) is 11.4 Å². The number of carbonyl (C=O) groups excluding carboxylic acids is 2. The average Bonchev–Trinajstić information content (AvgIpc) is 3.27. The lowest BCUT2D eigenvalue weighted by Gasteiger charge is -2.30. The number of rotatable bonds is 6.